The Kier molecular flexibility index (Phi) is 5.22. The van der Waals surface area contributed by atoms with Gasteiger partial charge in [0.15, 0.2) is 6.10 Å². The molecule has 1 aliphatic rings. The number of carbonyl (C=O) groups is 2. The van der Waals surface area contributed by atoms with Crippen LogP contribution in [0.4, 0.5) is 0 Å². The summed E-state index contributed by atoms with van der Waals surface area (Å²) in [4.78, 5) is 25.1. The van der Waals surface area contributed by atoms with Gasteiger partial charge in [0.05, 0.1) is 0 Å². The lowest BCUT2D eigenvalue weighted by Crippen LogP contribution is -2.52. The highest BCUT2D eigenvalue weighted by atomic mass is 79.9. The fourth-order valence-electron chi connectivity index (χ4n) is 2.45. The van der Waals surface area contributed by atoms with Crippen LogP contribution in [0.5, 0.6) is 5.75 Å². The third-order valence-electron chi connectivity index (χ3n) is 3.55. The summed E-state index contributed by atoms with van der Waals surface area (Å²) in [5.41, 5.74) is 0. The minimum atomic E-state index is -0.945. The van der Waals surface area contributed by atoms with E-state index in [-0.39, 0.29) is 5.91 Å². The molecule has 114 valence electrons. The first-order valence-electron chi connectivity index (χ1n) is 6.94. The quantitative estimate of drug-likeness (QED) is 0.901. The second kappa shape index (κ2) is 6.93. The fourth-order valence-corrected chi connectivity index (χ4v) is 2.72. The zero-order chi connectivity index (χ0) is 15.4. The SMILES string of the molecule is CC(Oc1ccc(Br)cc1)C(=O)N1CCCCC1C(=O)O. The van der Waals surface area contributed by atoms with Crippen LogP contribution in [-0.2, 0) is 9.59 Å². The summed E-state index contributed by atoms with van der Waals surface area (Å²) in [6.45, 7) is 2.13. The number of hydrogen-bond donors (Lipinski definition) is 1. The van der Waals surface area contributed by atoms with Gasteiger partial charge >= 0.3 is 5.97 Å². The van der Waals surface area contributed by atoms with E-state index in [9.17, 15) is 14.7 Å². The molecule has 6 heteroatoms. The van der Waals surface area contributed by atoms with Gasteiger partial charge in [-0.05, 0) is 50.5 Å². The number of nitrogens with zero attached hydrogens (tertiary/aromatic N) is 1. The lowest BCUT2D eigenvalue weighted by molar-refractivity contribution is -0.155. The molecule has 5 nitrogen and oxygen atoms in total. The summed E-state index contributed by atoms with van der Waals surface area (Å²) in [6, 6.07) is 6.44. The minimum absolute atomic E-state index is 0.273. The molecule has 1 amide bonds. The van der Waals surface area contributed by atoms with Crippen LogP contribution in [-0.4, -0.2) is 40.6 Å². The Morgan fingerprint density at radius 2 is 2.00 bits per heavy atom. The van der Waals surface area contributed by atoms with E-state index < -0.39 is 18.1 Å². The molecule has 2 atom stereocenters. The number of aliphatic carboxylic acids is 1. The summed E-state index contributed by atoms with van der Waals surface area (Å²) in [6.07, 6.45) is 1.47. The first kappa shape index (κ1) is 15.8. The van der Waals surface area contributed by atoms with E-state index in [0.29, 0.717) is 18.7 Å². The Morgan fingerprint density at radius 3 is 2.62 bits per heavy atom. The number of piperidine rings is 1. The molecule has 1 heterocycles. The van der Waals surface area contributed by atoms with Gasteiger partial charge in [0.25, 0.3) is 5.91 Å². The first-order chi connectivity index (χ1) is 9.99. The molecule has 0 aliphatic carbocycles. The highest BCUT2D eigenvalue weighted by molar-refractivity contribution is 9.10. The maximum atomic E-state index is 12.4. The van der Waals surface area contributed by atoms with Crippen molar-refractivity contribution in [3.63, 3.8) is 0 Å². The van der Waals surface area contributed by atoms with E-state index in [1.165, 1.54) is 4.90 Å². The molecule has 0 radical (unpaired) electrons. The number of likely N-dealkylation sites (tertiary alicyclic amines) is 1. The lowest BCUT2D eigenvalue weighted by atomic mass is 10.0. The van der Waals surface area contributed by atoms with Crippen molar-refractivity contribution >= 4 is 27.8 Å². The average molecular weight is 356 g/mol. The van der Waals surface area contributed by atoms with Crippen molar-refractivity contribution in [3.8, 4) is 5.75 Å². The Hall–Kier alpha value is -1.56. The predicted octanol–water partition coefficient (Wildman–Crippen LogP) is 2.68. The number of ether oxygens (including phenoxy) is 1. The molecule has 21 heavy (non-hydrogen) atoms. The van der Waals surface area contributed by atoms with Gasteiger partial charge in [0, 0.05) is 11.0 Å². The van der Waals surface area contributed by atoms with E-state index in [1.54, 1.807) is 19.1 Å². The second-order valence-corrected chi connectivity index (χ2v) is 6.01. The van der Waals surface area contributed by atoms with Crippen molar-refractivity contribution < 1.29 is 19.4 Å². The van der Waals surface area contributed by atoms with Crippen molar-refractivity contribution in [2.24, 2.45) is 0 Å². The van der Waals surface area contributed by atoms with Gasteiger partial charge in [-0.15, -0.1) is 0 Å². The summed E-state index contributed by atoms with van der Waals surface area (Å²) < 4.78 is 6.53. The van der Waals surface area contributed by atoms with Crippen LogP contribution >= 0.6 is 15.9 Å². The first-order valence-corrected chi connectivity index (χ1v) is 7.74. The number of carbonyl (C=O) groups excluding carboxylic acids is 1. The summed E-state index contributed by atoms with van der Waals surface area (Å²) in [7, 11) is 0. The van der Waals surface area contributed by atoms with Crippen molar-refractivity contribution in [1.29, 1.82) is 0 Å². The van der Waals surface area contributed by atoms with Gasteiger partial charge < -0.3 is 14.7 Å². The molecule has 0 saturated carbocycles. The molecule has 1 aliphatic heterocycles. The van der Waals surface area contributed by atoms with Crippen LogP contribution in [0.2, 0.25) is 0 Å². The van der Waals surface area contributed by atoms with E-state index in [2.05, 4.69) is 15.9 Å². The molecular formula is C15H18BrNO4. The Balaban J connectivity index is 2.03. The van der Waals surface area contributed by atoms with E-state index in [0.717, 1.165) is 17.3 Å². The maximum Gasteiger partial charge on any atom is 0.326 e. The zero-order valence-corrected chi connectivity index (χ0v) is 13.4. The van der Waals surface area contributed by atoms with Crippen molar-refractivity contribution in [1.82, 2.24) is 4.90 Å². The predicted molar refractivity (Wildman–Crippen MR) is 81.2 cm³/mol. The van der Waals surface area contributed by atoms with Crippen LogP contribution in [0.3, 0.4) is 0 Å². The second-order valence-electron chi connectivity index (χ2n) is 5.10. The third-order valence-corrected chi connectivity index (χ3v) is 4.07. The Bertz CT molecular complexity index is 517. The van der Waals surface area contributed by atoms with Gasteiger partial charge in [0.2, 0.25) is 0 Å². The topological polar surface area (TPSA) is 66.8 Å². The number of benzene rings is 1. The van der Waals surface area contributed by atoms with Gasteiger partial charge in [-0.25, -0.2) is 4.79 Å². The summed E-state index contributed by atoms with van der Waals surface area (Å²) >= 11 is 3.33. The molecule has 2 unspecified atom stereocenters. The minimum Gasteiger partial charge on any atom is -0.481 e. The van der Waals surface area contributed by atoms with Gasteiger partial charge in [-0.1, -0.05) is 15.9 Å². The number of halogens is 1. The van der Waals surface area contributed by atoms with Gasteiger partial charge in [-0.3, -0.25) is 4.79 Å². The molecular weight excluding hydrogens is 338 g/mol. The van der Waals surface area contributed by atoms with E-state index >= 15 is 0 Å². The number of rotatable bonds is 4. The van der Waals surface area contributed by atoms with Crippen LogP contribution in [0.15, 0.2) is 28.7 Å². The molecule has 0 bridgehead atoms. The standard InChI is InChI=1S/C15H18BrNO4/c1-10(21-12-7-5-11(16)6-8-12)14(18)17-9-3-2-4-13(17)15(19)20/h5-8,10,13H,2-4,9H2,1H3,(H,19,20). The van der Waals surface area contributed by atoms with Crippen LogP contribution in [0.25, 0.3) is 0 Å². The molecule has 1 aromatic carbocycles. The number of carboxylic acid groups (broad SMARTS) is 1. The maximum absolute atomic E-state index is 12.4. The highest BCUT2D eigenvalue weighted by Crippen LogP contribution is 2.21. The molecule has 1 fully saturated rings. The van der Waals surface area contributed by atoms with E-state index in [4.69, 9.17) is 4.74 Å². The Labute approximate surface area is 132 Å². The molecule has 0 spiro atoms. The van der Waals surface area contributed by atoms with Crippen LogP contribution in [0, 0.1) is 0 Å². The number of hydrogen-bond acceptors (Lipinski definition) is 3. The molecule has 1 aromatic rings. The average Bonchev–Trinajstić information content (AvgIpc) is 2.48. The molecule has 1 saturated heterocycles. The number of amides is 1. The fraction of sp³-hybridized carbons (Fsp3) is 0.467. The van der Waals surface area contributed by atoms with E-state index in [1.807, 2.05) is 12.1 Å². The third kappa shape index (κ3) is 3.97. The molecule has 1 N–H and O–H groups in total. The van der Waals surface area contributed by atoms with Gasteiger partial charge in [0.1, 0.15) is 11.8 Å². The van der Waals surface area contributed by atoms with Crippen LogP contribution < -0.4 is 4.74 Å². The van der Waals surface area contributed by atoms with Crippen LogP contribution in [0.1, 0.15) is 26.2 Å². The van der Waals surface area contributed by atoms with Crippen molar-refractivity contribution in [2.45, 2.75) is 38.3 Å². The van der Waals surface area contributed by atoms with Crippen molar-refractivity contribution in [3.05, 3.63) is 28.7 Å². The smallest absolute Gasteiger partial charge is 0.326 e. The monoisotopic (exact) mass is 355 g/mol. The highest BCUT2D eigenvalue weighted by Gasteiger charge is 2.34. The summed E-state index contributed by atoms with van der Waals surface area (Å²) in [5, 5.41) is 9.22. The van der Waals surface area contributed by atoms with Crippen molar-refractivity contribution in [2.75, 3.05) is 6.54 Å². The lowest BCUT2D eigenvalue weighted by Gasteiger charge is -2.34. The number of carboxylic acids is 1. The molecule has 2 rings (SSSR count). The Morgan fingerprint density at radius 1 is 1.33 bits per heavy atom. The summed E-state index contributed by atoms with van der Waals surface area (Å²) in [5.74, 6) is -0.633. The largest absolute Gasteiger partial charge is 0.481 e. The normalized spacial score (nSPS) is 19.9. The molecule has 0 aromatic heterocycles. The zero-order valence-electron chi connectivity index (χ0n) is 11.8. The van der Waals surface area contributed by atoms with Gasteiger partial charge in [-0.2, -0.15) is 0 Å².